The summed E-state index contributed by atoms with van der Waals surface area (Å²) in [5.74, 6) is -1.13. The van der Waals surface area contributed by atoms with Gasteiger partial charge in [0.2, 0.25) is 0 Å². The zero-order valence-electron chi connectivity index (χ0n) is 9.41. The zero-order chi connectivity index (χ0) is 11.0. The highest BCUT2D eigenvalue weighted by molar-refractivity contribution is 6.47. The maximum Gasteiger partial charge on any atom is 0.298 e. The maximum atomic E-state index is 5.85. The highest BCUT2D eigenvalue weighted by Crippen LogP contribution is 2.15. The molecule has 0 aromatic heterocycles. The third-order valence-corrected chi connectivity index (χ3v) is 3.66. The molecule has 0 fully saturated rings. The topological polar surface area (TPSA) is 62.9 Å². The van der Waals surface area contributed by atoms with E-state index in [0.717, 1.165) is 12.5 Å². The smallest absolute Gasteiger partial charge is 0.298 e. The van der Waals surface area contributed by atoms with Crippen LogP contribution < -0.4 is 5.40 Å². The number of ether oxygens (including phenoxy) is 3. The Bertz CT molecular complexity index is 143. The van der Waals surface area contributed by atoms with E-state index in [1.807, 2.05) is 0 Å². The number of hydrogen-bond donors (Lipinski definition) is 1. The van der Waals surface area contributed by atoms with Gasteiger partial charge in [-0.3, -0.25) is 0 Å². The highest BCUT2D eigenvalue weighted by atomic mass is 28.3. The Labute approximate surface area is 87.3 Å². The summed E-state index contributed by atoms with van der Waals surface area (Å²) in [6.07, 6.45) is 1.00. The lowest BCUT2D eigenvalue weighted by Crippen LogP contribution is -2.49. The molecule has 6 heteroatoms. The molecular formula is C8H21NO4Si. The lowest BCUT2D eigenvalue weighted by Gasteiger charge is -2.31. The van der Waals surface area contributed by atoms with E-state index in [-0.39, 0.29) is 6.61 Å². The lowest BCUT2D eigenvalue weighted by molar-refractivity contribution is -0.341. The van der Waals surface area contributed by atoms with Gasteiger partial charge in [0.05, 0.1) is 0 Å². The van der Waals surface area contributed by atoms with Gasteiger partial charge in [-0.25, -0.2) is 0 Å². The van der Waals surface area contributed by atoms with Gasteiger partial charge in [-0.2, -0.15) is 0 Å². The van der Waals surface area contributed by atoms with Crippen LogP contribution in [-0.4, -0.2) is 43.1 Å². The van der Waals surface area contributed by atoms with Crippen molar-refractivity contribution in [3.63, 3.8) is 0 Å². The van der Waals surface area contributed by atoms with Crippen molar-refractivity contribution in [2.24, 2.45) is 5.40 Å². The SMILES string of the molecule is CCC[SiH](N)OC(COC)(OC)OC. The van der Waals surface area contributed by atoms with Crippen molar-refractivity contribution < 1.29 is 18.6 Å². The molecule has 0 spiro atoms. The Hall–Kier alpha value is 0.0169. The van der Waals surface area contributed by atoms with E-state index in [0.29, 0.717) is 0 Å². The molecule has 0 heterocycles. The van der Waals surface area contributed by atoms with Crippen molar-refractivity contribution in [2.45, 2.75) is 25.4 Å². The summed E-state index contributed by atoms with van der Waals surface area (Å²) in [5.41, 5.74) is 0. The number of methoxy groups -OCH3 is 3. The van der Waals surface area contributed by atoms with Crippen LogP contribution in [0.5, 0.6) is 0 Å². The van der Waals surface area contributed by atoms with Gasteiger partial charge in [-0.1, -0.05) is 13.3 Å². The summed E-state index contributed by atoms with van der Waals surface area (Å²) in [6, 6.07) is 0.887. The highest BCUT2D eigenvalue weighted by Gasteiger charge is 2.33. The average Bonchev–Trinajstić information content (AvgIpc) is 2.17. The molecule has 2 N–H and O–H groups in total. The van der Waals surface area contributed by atoms with Gasteiger partial charge in [-0.05, 0) is 6.04 Å². The van der Waals surface area contributed by atoms with Crippen molar-refractivity contribution >= 4 is 9.20 Å². The van der Waals surface area contributed by atoms with Gasteiger partial charge in [-0.15, -0.1) is 0 Å². The summed E-state index contributed by atoms with van der Waals surface area (Å²) < 4.78 is 20.8. The molecule has 0 saturated heterocycles. The van der Waals surface area contributed by atoms with Crippen molar-refractivity contribution in [1.82, 2.24) is 0 Å². The fraction of sp³-hybridized carbons (Fsp3) is 1.00. The van der Waals surface area contributed by atoms with Crippen molar-refractivity contribution in [3.05, 3.63) is 0 Å². The van der Waals surface area contributed by atoms with Crippen LogP contribution >= 0.6 is 0 Å². The zero-order valence-corrected chi connectivity index (χ0v) is 10.6. The number of hydrogen-bond acceptors (Lipinski definition) is 5. The first kappa shape index (κ1) is 14.0. The van der Waals surface area contributed by atoms with Crippen molar-refractivity contribution in [3.8, 4) is 0 Å². The van der Waals surface area contributed by atoms with Crippen molar-refractivity contribution in [2.75, 3.05) is 27.9 Å². The van der Waals surface area contributed by atoms with E-state index >= 15 is 0 Å². The van der Waals surface area contributed by atoms with Gasteiger partial charge >= 0.3 is 0 Å². The second-order valence-electron chi connectivity index (χ2n) is 2.97. The van der Waals surface area contributed by atoms with Gasteiger partial charge in [0.15, 0.2) is 0 Å². The Morgan fingerprint density at radius 2 is 1.79 bits per heavy atom. The van der Waals surface area contributed by atoms with Gasteiger partial charge < -0.3 is 24.0 Å². The van der Waals surface area contributed by atoms with E-state index < -0.39 is 15.2 Å². The maximum absolute atomic E-state index is 5.85. The Kier molecular flexibility index (Phi) is 7.34. The molecule has 1 atom stereocenters. The van der Waals surface area contributed by atoms with Crippen LogP contribution in [0.3, 0.4) is 0 Å². The summed E-state index contributed by atoms with van der Waals surface area (Å²) in [5, 5.41) is 5.85. The fourth-order valence-corrected chi connectivity index (χ4v) is 2.49. The molecule has 0 aliphatic rings. The summed E-state index contributed by atoms with van der Waals surface area (Å²) in [6.45, 7) is 2.28. The molecule has 0 saturated carbocycles. The minimum Gasteiger partial charge on any atom is -0.376 e. The number of nitrogens with two attached hydrogens (primary N) is 1. The first-order chi connectivity index (χ1) is 6.64. The second-order valence-corrected chi connectivity index (χ2v) is 4.86. The Balaban J connectivity index is 4.18. The van der Waals surface area contributed by atoms with Crippen molar-refractivity contribution in [1.29, 1.82) is 0 Å². The van der Waals surface area contributed by atoms with Crippen LogP contribution in [-0.2, 0) is 18.6 Å². The quantitative estimate of drug-likeness (QED) is 0.470. The van der Waals surface area contributed by atoms with Crippen LogP contribution in [0.4, 0.5) is 0 Å². The molecule has 0 rings (SSSR count). The van der Waals surface area contributed by atoms with E-state index in [2.05, 4.69) is 6.92 Å². The first-order valence-electron chi connectivity index (χ1n) is 4.66. The van der Waals surface area contributed by atoms with Crippen LogP contribution in [0.1, 0.15) is 13.3 Å². The minimum atomic E-state index is -1.72. The third kappa shape index (κ3) is 4.49. The monoisotopic (exact) mass is 223 g/mol. The molecule has 0 aliphatic heterocycles. The largest absolute Gasteiger partial charge is 0.376 e. The molecule has 0 bridgehead atoms. The number of rotatable bonds is 8. The summed E-state index contributed by atoms with van der Waals surface area (Å²) >= 11 is 0. The standard InChI is InChI=1S/C8H21NO4Si/c1-5-6-14(9)13-8(11-3,12-4)7-10-2/h14H,5-7,9H2,1-4H3. The predicted octanol–water partition coefficient (Wildman–Crippen LogP) is 0.185. The Morgan fingerprint density at radius 1 is 1.21 bits per heavy atom. The van der Waals surface area contributed by atoms with Gasteiger partial charge in [0, 0.05) is 21.3 Å². The van der Waals surface area contributed by atoms with E-state index in [1.54, 1.807) is 7.11 Å². The molecule has 0 amide bonds. The Morgan fingerprint density at radius 3 is 2.14 bits per heavy atom. The normalized spacial score (nSPS) is 14.4. The van der Waals surface area contributed by atoms with Gasteiger partial charge in [0.1, 0.15) is 6.61 Å². The van der Waals surface area contributed by atoms with Crippen LogP contribution in [0.2, 0.25) is 6.04 Å². The molecule has 5 nitrogen and oxygen atoms in total. The second kappa shape index (κ2) is 7.33. The summed E-state index contributed by atoms with van der Waals surface area (Å²) in [7, 11) is 2.85. The van der Waals surface area contributed by atoms with E-state index in [9.17, 15) is 0 Å². The minimum absolute atomic E-state index is 0.213. The summed E-state index contributed by atoms with van der Waals surface area (Å²) in [4.78, 5) is 0. The molecule has 0 aromatic rings. The predicted molar refractivity (Wildman–Crippen MR) is 56.1 cm³/mol. The van der Waals surface area contributed by atoms with Crippen LogP contribution in [0, 0.1) is 0 Å². The van der Waals surface area contributed by atoms with Crippen LogP contribution in [0.25, 0.3) is 0 Å². The molecular weight excluding hydrogens is 202 g/mol. The molecule has 86 valence electrons. The first-order valence-corrected chi connectivity index (χ1v) is 6.62. The molecule has 14 heavy (non-hydrogen) atoms. The van der Waals surface area contributed by atoms with Crippen LogP contribution in [0.15, 0.2) is 0 Å². The molecule has 0 radical (unpaired) electrons. The average molecular weight is 223 g/mol. The molecule has 0 aliphatic carbocycles. The van der Waals surface area contributed by atoms with E-state index in [1.165, 1.54) is 14.2 Å². The van der Waals surface area contributed by atoms with Gasteiger partial charge in [0.25, 0.3) is 15.2 Å². The van der Waals surface area contributed by atoms with E-state index in [4.69, 9.17) is 24.0 Å². The molecule has 1 unspecified atom stereocenters. The lowest BCUT2D eigenvalue weighted by atomic mass is 10.6. The fourth-order valence-electron chi connectivity index (χ4n) is 1.08. The third-order valence-electron chi connectivity index (χ3n) is 1.85. The molecule has 0 aromatic carbocycles.